The minimum atomic E-state index is -1.18. The van der Waals surface area contributed by atoms with Gasteiger partial charge in [0, 0.05) is 55.3 Å². The van der Waals surface area contributed by atoms with Crippen LogP contribution >= 0.6 is 0 Å². The molecular formula is C27H27F3N6O3. The summed E-state index contributed by atoms with van der Waals surface area (Å²) in [5, 5.41) is 9.73. The first kappa shape index (κ1) is 25.5. The van der Waals surface area contributed by atoms with Crippen LogP contribution in [-0.4, -0.2) is 56.5 Å². The molecule has 2 aliphatic carbocycles. The van der Waals surface area contributed by atoms with Gasteiger partial charge in [0.2, 0.25) is 5.91 Å². The van der Waals surface area contributed by atoms with Crippen molar-refractivity contribution >= 4 is 11.8 Å². The maximum atomic E-state index is 14.2. The number of benzene rings is 1. The van der Waals surface area contributed by atoms with Crippen LogP contribution in [0.15, 0.2) is 41.2 Å². The zero-order chi connectivity index (χ0) is 27.3. The molecular weight excluding hydrogens is 513 g/mol. The van der Waals surface area contributed by atoms with Crippen LogP contribution in [0, 0.1) is 23.4 Å². The summed E-state index contributed by atoms with van der Waals surface area (Å²) in [6.45, 7) is 2.71. The number of hydrogen-bond acceptors (Lipinski definition) is 7. The number of halogens is 3. The van der Waals surface area contributed by atoms with E-state index in [1.807, 2.05) is 6.92 Å². The molecule has 204 valence electrons. The van der Waals surface area contributed by atoms with Gasteiger partial charge < -0.3 is 15.2 Å². The minimum Gasteiger partial charge on any atom is -0.355 e. The van der Waals surface area contributed by atoms with Crippen LogP contribution < -0.4 is 10.6 Å². The molecule has 39 heavy (non-hydrogen) atoms. The van der Waals surface area contributed by atoms with Crippen molar-refractivity contribution in [3.63, 3.8) is 0 Å². The fourth-order valence-electron chi connectivity index (χ4n) is 5.61. The third kappa shape index (κ3) is 4.88. The van der Waals surface area contributed by atoms with Gasteiger partial charge in [-0.25, -0.2) is 23.1 Å². The summed E-state index contributed by atoms with van der Waals surface area (Å²) < 4.78 is 46.7. The third-order valence-corrected chi connectivity index (χ3v) is 7.91. The number of amides is 2. The van der Waals surface area contributed by atoms with Crippen LogP contribution in [0.25, 0.3) is 11.3 Å². The van der Waals surface area contributed by atoms with Gasteiger partial charge in [0.25, 0.3) is 5.91 Å². The lowest BCUT2D eigenvalue weighted by Gasteiger charge is -2.44. The SMILES string of the molecule is CC1[C@@H](C(=O)NC2(c3ncccn3)CC2)[C@@H](NC(=O)c2cc(-c3c(F)cc(F)cc3F)on2)CCN1C1CC1. The number of nitrogens with zero attached hydrogens (tertiary/aromatic N) is 4. The normalized spacial score (nSPS) is 24.3. The molecule has 0 spiro atoms. The molecule has 12 heteroatoms. The van der Waals surface area contributed by atoms with E-state index in [0.29, 0.717) is 37.0 Å². The lowest BCUT2D eigenvalue weighted by Crippen LogP contribution is -2.61. The zero-order valence-corrected chi connectivity index (χ0v) is 21.2. The van der Waals surface area contributed by atoms with Gasteiger partial charge in [-0.15, -0.1) is 0 Å². The second kappa shape index (κ2) is 9.74. The first-order chi connectivity index (χ1) is 18.8. The van der Waals surface area contributed by atoms with Crippen molar-refractivity contribution in [3.05, 3.63) is 65.6 Å². The summed E-state index contributed by atoms with van der Waals surface area (Å²) in [4.78, 5) is 37.9. The molecule has 6 rings (SSSR count). The molecule has 9 nitrogen and oxygen atoms in total. The Morgan fingerprint density at radius 1 is 1.05 bits per heavy atom. The smallest absolute Gasteiger partial charge is 0.273 e. The summed E-state index contributed by atoms with van der Waals surface area (Å²) >= 11 is 0. The highest BCUT2D eigenvalue weighted by Gasteiger charge is 2.52. The van der Waals surface area contributed by atoms with Crippen LogP contribution in [0.4, 0.5) is 13.2 Å². The first-order valence-corrected chi connectivity index (χ1v) is 13.0. The Morgan fingerprint density at radius 2 is 1.74 bits per heavy atom. The van der Waals surface area contributed by atoms with Gasteiger partial charge in [-0.1, -0.05) is 5.16 Å². The van der Waals surface area contributed by atoms with E-state index in [-0.39, 0.29) is 23.4 Å². The molecule has 1 aliphatic heterocycles. The molecule has 2 saturated carbocycles. The average molecular weight is 541 g/mol. The van der Waals surface area contributed by atoms with Crippen molar-refractivity contribution in [2.45, 2.75) is 62.7 Å². The summed E-state index contributed by atoms with van der Waals surface area (Å²) in [6, 6.07) is 3.63. The summed E-state index contributed by atoms with van der Waals surface area (Å²) in [7, 11) is 0. The van der Waals surface area contributed by atoms with Gasteiger partial charge in [-0.3, -0.25) is 14.5 Å². The van der Waals surface area contributed by atoms with Crippen molar-refractivity contribution in [1.82, 2.24) is 30.7 Å². The van der Waals surface area contributed by atoms with Gasteiger partial charge in [0.05, 0.1) is 17.0 Å². The van der Waals surface area contributed by atoms with Crippen molar-refractivity contribution in [1.29, 1.82) is 0 Å². The lowest BCUT2D eigenvalue weighted by atomic mass is 9.84. The maximum Gasteiger partial charge on any atom is 0.273 e. The van der Waals surface area contributed by atoms with Gasteiger partial charge in [-0.2, -0.15) is 0 Å². The van der Waals surface area contributed by atoms with E-state index >= 15 is 0 Å². The van der Waals surface area contributed by atoms with Crippen molar-refractivity contribution in [3.8, 4) is 11.3 Å². The molecule has 0 radical (unpaired) electrons. The van der Waals surface area contributed by atoms with Gasteiger partial charge in [0.1, 0.15) is 17.5 Å². The van der Waals surface area contributed by atoms with E-state index in [9.17, 15) is 22.8 Å². The maximum absolute atomic E-state index is 14.2. The highest BCUT2D eigenvalue weighted by molar-refractivity contribution is 5.94. The molecule has 3 heterocycles. The van der Waals surface area contributed by atoms with Crippen molar-refractivity contribution in [2.24, 2.45) is 5.92 Å². The molecule has 2 aromatic heterocycles. The Hall–Kier alpha value is -3.80. The first-order valence-electron chi connectivity index (χ1n) is 13.0. The second-order valence-corrected chi connectivity index (χ2v) is 10.6. The topological polar surface area (TPSA) is 113 Å². The number of hydrogen-bond donors (Lipinski definition) is 2. The number of rotatable bonds is 7. The Morgan fingerprint density at radius 3 is 2.38 bits per heavy atom. The van der Waals surface area contributed by atoms with E-state index in [2.05, 4.69) is 30.7 Å². The molecule has 3 fully saturated rings. The van der Waals surface area contributed by atoms with E-state index < -0.39 is 46.4 Å². The fourth-order valence-corrected chi connectivity index (χ4v) is 5.61. The van der Waals surface area contributed by atoms with Crippen LogP contribution in [0.2, 0.25) is 0 Å². The van der Waals surface area contributed by atoms with Gasteiger partial charge in [-0.05, 0) is 45.1 Å². The number of nitrogens with one attached hydrogen (secondary N) is 2. The Balaban J connectivity index is 1.22. The molecule has 3 atom stereocenters. The lowest BCUT2D eigenvalue weighted by molar-refractivity contribution is -0.131. The summed E-state index contributed by atoms with van der Waals surface area (Å²) in [5.41, 5.74) is -1.44. The predicted molar refractivity (Wildman–Crippen MR) is 131 cm³/mol. The molecule has 2 amide bonds. The fraction of sp³-hybridized carbons (Fsp3) is 0.444. The molecule has 1 aromatic carbocycles. The monoisotopic (exact) mass is 540 g/mol. The minimum absolute atomic E-state index is 0.140. The van der Waals surface area contributed by atoms with E-state index in [0.717, 1.165) is 31.7 Å². The quantitative estimate of drug-likeness (QED) is 0.473. The predicted octanol–water partition coefficient (Wildman–Crippen LogP) is 3.33. The Bertz CT molecular complexity index is 1390. The molecule has 2 N–H and O–H groups in total. The molecule has 1 unspecified atom stereocenters. The number of carbonyl (C=O) groups excluding carboxylic acids is 2. The summed E-state index contributed by atoms with van der Waals surface area (Å²) in [6.07, 6.45) is 7.44. The number of carbonyl (C=O) groups is 2. The van der Waals surface area contributed by atoms with Crippen molar-refractivity contribution < 1.29 is 27.3 Å². The van der Waals surface area contributed by atoms with E-state index in [1.54, 1.807) is 18.5 Å². The third-order valence-electron chi connectivity index (χ3n) is 7.91. The van der Waals surface area contributed by atoms with E-state index in [4.69, 9.17) is 4.52 Å². The summed E-state index contributed by atoms with van der Waals surface area (Å²) in [5.74, 6) is -4.61. The van der Waals surface area contributed by atoms with Crippen LogP contribution in [0.5, 0.6) is 0 Å². The largest absolute Gasteiger partial charge is 0.355 e. The van der Waals surface area contributed by atoms with Crippen molar-refractivity contribution in [2.75, 3.05) is 6.54 Å². The van der Waals surface area contributed by atoms with Crippen LogP contribution in [0.3, 0.4) is 0 Å². The van der Waals surface area contributed by atoms with Crippen LogP contribution in [0.1, 0.15) is 55.3 Å². The Kier molecular flexibility index (Phi) is 6.37. The van der Waals surface area contributed by atoms with Crippen LogP contribution in [-0.2, 0) is 10.3 Å². The number of likely N-dealkylation sites (tertiary alicyclic amines) is 1. The van der Waals surface area contributed by atoms with Gasteiger partial charge in [0.15, 0.2) is 17.3 Å². The molecule has 3 aromatic rings. The Labute approximate surface area is 222 Å². The standard InChI is InChI=1S/C27H27F3N6O3/c1-14-22(25(38)34-27(6-7-27)26-31-8-2-9-32-26)19(5-10-36(14)16-3-4-16)33-24(37)20-13-21(39-35-20)23-17(29)11-15(28)12-18(23)30/h2,8-9,11-14,16,19,22H,3-7,10H2,1H3,(H,33,37)(H,34,38)/t14?,19-,22+/m0/s1. The molecule has 3 aliphatic rings. The molecule has 1 saturated heterocycles. The number of aromatic nitrogens is 3. The van der Waals surface area contributed by atoms with E-state index in [1.165, 1.54) is 0 Å². The average Bonchev–Trinajstić information content (AvgIpc) is 3.83. The number of piperidine rings is 1. The zero-order valence-electron chi connectivity index (χ0n) is 21.2. The molecule has 0 bridgehead atoms. The highest BCUT2D eigenvalue weighted by Crippen LogP contribution is 2.44. The highest BCUT2D eigenvalue weighted by atomic mass is 19.1. The second-order valence-electron chi connectivity index (χ2n) is 10.6. The van der Waals surface area contributed by atoms with Gasteiger partial charge >= 0.3 is 0 Å².